The Hall–Kier alpha value is -2.64. The minimum absolute atomic E-state index is 0.115. The van der Waals surface area contributed by atoms with Gasteiger partial charge in [0.1, 0.15) is 17.7 Å². The molecular weight excluding hydrogens is 426 g/mol. The maximum atomic E-state index is 12.8. The first-order valence-electron chi connectivity index (χ1n) is 8.18. The van der Waals surface area contributed by atoms with Crippen LogP contribution in [0.2, 0.25) is 0 Å². The normalized spacial score (nSPS) is 27.8. The van der Waals surface area contributed by atoms with Crippen LogP contribution >= 0.6 is 11.8 Å². The summed E-state index contributed by atoms with van der Waals surface area (Å²) in [4.78, 5) is 49.2. The van der Waals surface area contributed by atoms with Crippen LogP contribution in [0.25, 0.3) is 0 Å². The topological polar surface area (TPSA) is 165 Å². The van der Waals surface area contributed by atoms with Crippen LogP contribution in [0.4, 0.5) is 4.79 Å². The van der Waals surface area contributed by atoms with Crippen LogP contribution in [-0.4, -0.2) is 68.7 Å². The van der Waals surface area contributed by atoms with Crippen molar-refractivity contribution in [1.29, 1.82) is 0 Å². The molecule has 156 valence electrons. The molecule has 11 nitrogen and oxygen atoms in total. The van der Waals surface area contributed by atoms with E-state index in [0.717, 1.165) is 16.7 Å². The second-order valence-electron chi connectivity index (χ2n) is 6.13. The number of carbonyl (C=O) groups is 4. The number of fused-ring (bicyclic) bond motifs is 1. The number of amides is 3. The first-order valence-corrected chi connectivity index (χ1v) is 10.4. The second kappa shape index (κ2) is 8.00. The molecule has 3 amide bonds. The summed E-state index contributed by atoms with van der Waals surface area (Å²) in [5.41, 5.74) is 3.01. The van der Waals surface area contributed by atoms with E-state index >= 15 is 0 Å². The predicted octanol–water partition coefficient (Wildman–Crippen LogP) is -0.656. The molecule has 0 bridgehead atoms. The largest absolute Gasteiger partial charge is 0.477 e. The van der Waals surface area contributed by atoms with Gasteiger partial charge in [-0.05, 0) is 6.08 Å². The zero-order chi connectivity index (χ0) is 21.3. The first kappa shape index (κ1) is 21.1. The SMILES string of the molecule is CO[C@@]1(NC(=O)CC2=CC=CS2=O)C(=O)N2C(C(=O)O)=C(COC(N)=O)CS[C@@H]21. The number of hydrogen-bond acceptors (Lipinski definition) is 8. The molecule has 13 heteroatoms. The van der Waals surface area contributed by atoms with E-state index in [4.69, 9.17) is 10.5 Å². The fraction of sp³-hybridized carbons (Fsp3) is 0.375. The lowest BCUT2D eigenvalue weighted by Gasteiger charge is -2.55. The molecule has 0 saturated carbocycles. The van der Waals surface area contributed by atoms with Crippen molar-refractivity contribution in [2.24, 2.45) is 5.73 Å². The molecule has 0 aromatic rings. The number of allylic oxidation sites excluding steroid dienone is 2. The van der Waals surface area contributed by atoms with Gasteiger partial charge < -0.3 is 25.6 Å². The van der Waals surface area contributed by atoms with Gasteiger partial charge in [0.2, 0.25) is 5.91 Å². The number of carboxylic acid groups (broad SMARTS) is 1. The number of rotatable bonds is 7. The van der Waals surface area contributed by atoms with E-state index in [1.54, 1.807) is 12.2 Å². The van der Waals surface area contributed by atoms with Crippen molar-refractivity contribution in [1.82, 2.24) is 10.2 Å². The number of primary amides is 1. The number of methoxy groups -OCH3 is 1. The van der Waals surface area contributed by atoms with Crippen LogP contribution in [0, 0.1) is 0 Å². The summed E-state index contributed by atoms with van der Waals surface area (Å²) >= 11 is 1.14. The lowest BCUT2D eigenvalue weighted by Crippen LogP contribution is -2.80. The Kier molecular flexibility index (Phi) is 5.82. The van der Waals surface area contributed by atoms with Gasteiger partial charge in [-0.3, -0.25) is 14.5 Å². The summed E-state index contributed by atoms with van der Waals surface area (Å²) in [7, 11) is -0.171. The summed E-state index contributed by atoms with van der Waals surface area (Å²) in [5, 5.41) is 12.6. The number of nitrogens with zero attached hydrogens (tertiary/aromatic N) is 1. The molecule has 3 aliphatic rings. The van der Waals surface area contributed by atoms with Gasteiger partial charge in [0.25, 0.3) is 11.6 Å². The molecule has 1 saturated heterocycles. The van der Waals surface area contributed by atoms with E-state index in [1.807, 2.05) is 0 Å². The van der Waals surface area contributed by atoms with Crippen molar-refractivity contribution in [2.45, 2.75) is 17.5 Å². The van der Waals surface area contributed by atoms with Crippen molar-refractivity contribution in [3.8, 4) is 0 Å². The molecule has 29 heavy (non-hydrogen) atoms. The Bertz CT molecular complexity index is 912. The van der Waals surface area contributed by atoms with Gasteiger partial charge in [-0.25, -0.2) is 13.8 Å². The molecule has 1 unspecified atom stereocenters. The van der Waals surface area contributed by atoms with E-state index in [1.165, 1.54) is 12.5 Å². The highest BCUT2D eigenvalue weighted by Crippen LogP contribution is 2.46. The minimum Gasteiger partial charge on any atom is -0.477 e. The third kappa shape index (κ3) is 3.68. The highest BCUT2D eigenvalue weighted by molar-refractivity contribution is 8.00. The molecule has 0 aliphatic carbocycles. The van der Waals surface area contributed by atoms with Crippen LogP contribution < -0.4 is 11.1 Å². The van der Waals surface area contributed by atoms with Crippen LogP contribution in [0.5, 0.6) is 0 Å². The van der Waals surface area contributed by atoms with Crippen molar-refractivity contribution in [3.63, 3.8) is 0 Å². The number of nitrogens with two attached hydrogens (primary N) is 1. The third-order valence-electron chi connectivity index (χ3n) is 4.43. The Morgan fingerprint density at radius 2 is 2.21 bits per heavy atom. The first-order chi connectivity index (χ1) is 13.7. The number of aliphatic carboxylic acids is 1. The molecule has 3 rings (SSSR count). The second-order valence-corrected chi connectivity index (χ2v) is 8.59. The lowest BCUT2D eigenvalue weighted by atomic mass is 9.98. The Labute approximate surface area is 171 Å². The molecule has 3 aliphatic heterocycles. The van der Waals surface area contributed by atoms with E-state index in [0.29, 0.717) is 4.91 Å². The molecule has 3 heterocycles. The van der Waals surface area contributed by atoms with Gasteiger partial charge in [0.05, 0.1) is 17.2 Å². The predicted molar refractivity (Wildman–Crippen MR) is 101 cm³/mol. The van der Waals surface area contributed by atoms with E-state index in [-0.39, 0.29) is 30.1 Å². The summed E-state index contributed by atoms with van der Waals surface area (Å²) < 4.78 is 21.7. The van der Waals surface area contributed by atoms with Gasteiger partial charge in [0.15, 0.2) is 0 Å². The number of carbonyl (C=O) groups excluding carboxylic acids is 3. The summed E-state index contributed by atoms with van der Waals surface area (Å²) in [6.07, 6.45) is 1.85. The van der Waals surface area contributed by atoms with Crippen LogP contribution in [-0.2, 0) is 34.7 Å². The van der Waals surface area contributed by atoms with E-state index < -0.39 is 45.8 Å². The molecule has 0 aromatic heterocycles. The average Bonchev–Trinajstić information content (AvgIpc) is 3.07. The number of nitrogens with one attached hydrogen (secondary N) is 1. The molecular formula is C16H17N3O8S2. The van der Waals surface area contributed by atoms with Crippen molar-refractivity contribution in [2.75, 3.05) is 19.5 Å². The lowest BCUT2D eigenvalue weighted by molar-refractivity contribution is -0.192. The molecule has 0 spiro atoms. The number of thioether (sulfide) groups is 1. The summed E-state index contributed by atoms with van der Waals surface area (Å²) in [5.74, 6) is -2.64. The van der Waals surface area contributed by atoms with Crippen molar-refractivity contribution in [3.05, 3.63) is 33.7 Å². The molecule has 3 atom stereocenters. The third-order valence-corrected chi connectivity index (χ3v) is 7.00. The van der Waals surface area contributed by atoms with Crippen molar-refractivity contribution < 1.29 is 38.0 Å². The maximum Gasteiger partial charge on any atom is 0.404 e. The quantitative estimate of drug-likeness (QED) is 0.342. The standard InChI is InChI=1S/C16H17N3O8S2/c1-26-16(18-10(20)5-9-3-2-4-29(9)25)13(23)19-11(12(21)22)8(6-27-15(17)24)7-28-14(16)19/h2-4,14H,5-7H2,1H3,(H2,17,24)(H,18,20)(H,21,22)/t14-,16+,29?/m1/s1. The zero-order valence-corrected chi connectivity index (χ0v) is 16.7. The summed E-state index contributed by atoms with van der Waals surface area (Å²) in [6.45, 7) is -0.375. The molecule has 0 aromatic carbocycles. The van der Waals surface area contributed by atoms with E-state index in [9.17, 15) is 28.5 Å². The smallest absolute Gasteiger partial charge is 0.404 e. The Morgan fingerprint density at radius 3 is 2.76 bits per heavy atom. The zero-order valence-electron chi connectivity index (χ0n) is 15.1. The highest BCUT2D eigenvalue weighted by Gasteiger charge is 2.66. The van der Waals surface area contributed by atoms with Gasteiger partial charge in [-0.1, -0.05) is 6.08 Å². The minimum atomic E-state index is -1.76. The van der Waals surface area contributed by atoms with Gasteiger partial charge >= 0.3 is 12.1 Å². The summed E-state index contributed by atoms with van der Waals surface area (Å²) in [6, 6.07) is 0. The van der Waals surface area contributed by atoms with Crippen LogP contribution in [0.1, 0.15) is 6.42 Å². The number of hydrogen-bond donors (Lipinski definition) is 3. The van der Waals surface area contributed by atoms with Gasteiger partial charge in [0, 0.05) is 28.7 Å². The molecule has 4 N–H and O–H groups in total. The van der Waals surface area contributed by atoms with Gasteiger partial charge in [-0.2, -0.15) is 0 Å². The average molecular weight is 443 g/mol. The fourth-order valence-electron chi connectivity index (χ4n) is 3.12. The number of carboxylic acids is 1. The molecule has 1 fully saturated rings. The highest BCUT2D eigenvalue weighted by atomic mass is 32.2. The van der Waals surface area contributed by atoms with Crippen LogP contribution in [0.15, 0.2) is 33.7 Å². The monoisotopic (exact) mass is 443 g/mol. The Morgan fingerprint density at radius 1 is 1.48 bits per heavy atom. The number of ether oxygens (including phenoxy) is 2. The number of β-lactam (4-membered cyclic amide) rings is 1. The van der Waals surface area contributed by atoms with Gasteiger partial charge in [-0.15, -0.1) is 11.8 Å². The Balaban J connectivity index is 1.80. The van der Waals surface area contributed by atoms with Crippen LogP contribution in [0.3, 0.4) is 0 Å². The van der Waals surface area contributed by atoms with Crippen molar-refractivity contribution >= 4 is 46.4 Å². The molecule has 0 radical (unpaired) electrons. The van der Waals surface area contributed by atoms with E-state index in [2.05, 4.69) is 10.1 Å². The maximum absolute atomic E-state index is 12.8. The fourth-order valence-corrected chi connectivity index (χ4v) is 5.43.